The van der Waals surface area contributed by atoms with Crippen LogP contribution in [0.25, 0.3) is 0 Å². The second kappa shape index (κ2) is 1.81. The lowest BCUT2D eigenvalue weighted by atomic mass is 9.68. The molecule has 3 rings (SSSR count). The first kappa shape index (κ1) is 8.21. The first-order valence-corrected chi connectivity index (χ1v) is 5.00. The van der Waals surface area contributed by atoms with Crippen molar-refractivity contribution in [1.29, 1.82) is 0 Å². The van der Waals surface area contributed by atoms with E-state index >= 15 is 0 Å². The molecule has 3 nitrogen and oxygen atoms in total. The second-order valence-electron chi connectivity index (χ2n) is 5.50. The topological polar surface area (TPSA) is 38.7 Å². The van der Waals surface area contributed by atoms with Gasteiger partial charge in [-0.15, -0.1) is 0 Å². The third-order valence-corrected chi connectivity index (χ3v) is 5.12. The predicted octanol–water partition coefficient (Wildman–Crippen LogP) is 1.46. The standard InChI is InChI=1S/C10H16O3/c1-8(2)6-4-5-9(8,3)10(11)7(6)12-13-10/h6-7,11H,4-5H2,1-3H3/t6-,7?,9+,10+/m0/s1. The molecule has 1 N–H and O–H groups in total. The molecule has 2 aliphatic carbocycles. The van der Waals surface area contributed by atoms with Crippen molar-refractivity contribution in [3.05, 3.63) is 0 Å². The summed E-state index contributed by atoms with van der Waals surface area (Å²) in [5.74, 6) is -0.546. The van der Waals surface area contributed by atoms with Crippen LogP contribution in [0.4, 0.5) is 0 Å². The molecule has 0 aromatic heterocycles. The van der Waals surface area contributed by atoms with Crippen LogP contribution >= 0.6 is 0 Å². The van der Waals surface area contributed by atoms with E-state index in [0.717, 1.165) is 12.8 Å². The minimum absolute atomic E-state index is 0.0822. The fraction of sp³-hybridized carbons (Fsp3) is 1.00. The third kappa shape index (κ3) is 0.551. The van der Waals surface area contributed by atoms with E-state index in [-0.39, 0.29) is 16.9 Å². The molecule has 0 amide bonds. The Kier molecular flexibility index (Phi) is 1.14. The number of hydrogen-bond acceptors (Lipinski definition) is 3. The fourth-order valence-electron chi connectivity index (χ4n) is 3.65. The summed E-state index contributed by atoms with van der Waals surface area (Å²) in [7, 11) is 0. The van der Waals surface area contributed by atoms with Crippen molar-refractivity contribution in [1.82, 2.24) is 0 Å². The Labute approximate surface area is 78.0 Å². The first-order valence-electron chi connectivity index (χ1n) is 5.00. The molecule has 13 heavy (non-hydrogen) atoms. The van der Waals surface area contributed by atoms with Crippen LogP contribution in [0.15, 0.2) is 0 Å². The van der Waals surface area contributed by atoms with E-state index in [1.807, 2.05) is 0 Å². The van der Waals surface area contributed by atoms with E-state index in [9.17, 15) is 5.11 Å². The summed E-state index contributed by atoms with van der Waals surface area (Å²) in [5, 5.41) is 10.3. The van der Waals surface area contributed by atoms with Gasteiger partial charge in [-0.25, -0.2) is 4.89 Å². The summed E-state index contributed by atoms with van der Waals surface area (Å²) in [6.07, 6.45) is 2.11. The van der Waals surface area contributed by atoms with Gasteiger partial charge in [-0.05, 0) is 24.2 Å². The Morgan fingerprint density at radius 1 is 1.31 bits per heavy atom. The van der Waals surface area contributed by atoms with Gasteiger partial charge in [0.25, 0.3) is 0 Å². The average Bonchev–Trinajstić information content (AvgIpc) is 2.28. The summed E-state index contributed by atoms with van der Waals surface area (Å²) in [5.41, 5.74) is -0.00347. The normalized spacial score (nSPS) is 61.8. The largest absolute Gasteiger partial charge is 0.361 e. The lowest BCUT2D eigenvalue weighted by molar-refractivity contribution is -0.585. The number of fused-ring (bicyclic) bond motifs is 5. The number of hydrogen-bond donors (Lipinski definition) is 1. The van der Waals surface area contributed by atoms with Crippen molar-refractivity contribution in [3.8, 4) is 0 Å². The van der Waals surface area contributed by atoms with Gasteiger partial charge in [0.15, 0.2) is 6.10 Å². The Balaban J connectivity index is 2.15. The van der Waals surface area contributed by atoms with E-state index in [4.69, 9.17) is 9.78 Å². The monoisotopic (exact) mass is 184 g/mol. The van der Waals surface area contributed by atoms with Crippen LogP contribution < -0.4 is 0 Å². The van der Waals surface area contributed by atoms with Gasteiger partial charge in [0.05, 0.1) is 0 Å². The van der Waals surface area contributed by atoms with E-state index in [1.54, 1.807) is 0 Å². The Hall–Kier alpha value is -0.120. The van der Waals surface area contributed by atoms with Crippen LogP contribution in [-0.4, -0.2) is 17.0 Å². The van der Waals surface area contributed by atoms with Crippen molar-refractivity contribution in [2.45, 2.75) is 45.5 Å². The van der Waals surface area contributed by atoms with Crippen molar-refractivity contribution in [3.63, 3.8) is 0 Å². The van der Waals surface area contributed by atoms with Crippen LogP contribution in [0.5, 0.6) is 0 Å². The van der Waals surface area contributed by atoms with Crippen molar-refractivity contribution in [2.24, 2.45) is 16.7 Å². The van der Waals surface area contributed by atoms with Crippen molar-refractivity contribution in [2.75, 3.05) is 0 Å². The highest BCUT2D eigenvalue weighted by Crippen LogP contribution is 2.73. The highest BCUT2D eigenvalue weighted by atomic mass is 17.3. The minimum atomic E-state index is -1.00. The summed E-state index contributed by atoms with van der Waals surface area (Å²) < 4.78 is 0. The zero-order valence-corrected chi connectivity index (χ0v) is 8.33. The summed E-state index contributed by atoms with van der Waals surface area (Å²) >= 11 is 0. The van der Waals surface area contributed by atoms with Crippen LogP contribution in [0, 0.1) is 16.7 Å². The van der Waals surface area contributed by atoms with Crippen LogP contribution in [0.3, 0.4) is 0 Å². The molecular weight excluding hydrogens is 168 g/mol. The lowest BCUT2D eigenvalue weighted by Gasteiger charge is -2.50. The summed E-state index contributed by atoms with van der Waals surface area (Å²) in [6, 6.07) is 0. The zero-order chi connectivity index (χ0) is 9.48. The van der Waals surface area contributed by atoms with E-state index in [0.29, 0.717) is 5.92 Å². The maximum absolute atomic E-state index is 10.3. The van der Waals surface area contributed by atoms with Gasteiger partial charge < -0.3 is 5.11 Å². The van der Waals surface area contributed by atoms with Crippen molar-refractivity contribution < 1.29 is 14.9 Å². The van der Waals surface area contributed by atoms with Crippen molar-refractivity contribution >= 4 is 0 Å². The molecule has 0 spiro atoms. The molecule has 1 heterocycles. The zero-order valence-electron chi connectivity index (χ0n) is 8.33. The summed E-state index contributed by atoms with van der Waals surface area (Å²) in [6.45, 7) is 6.55. The Bertz CT molecular complexity index is 269. The summed E-state index contributed by atoms with van der Waals surface area (Å²) in [4.78, 5) is 10.0. The lowest BCUT2D eigenvalue weighted by Crippen LogP contribution is -2.63. The number of rotatable bonds is 0. The molecule has 4 atom stereocenters. The third-order valence-electron chi connectivity index (χ3n) is 5.12. The molecule has 1 aliphatic heterocycles. The molecule has 74 valence electrons. The molecule has 2 bridgehead atoms. The SMILES string of the molecule is CC1(C)[C@H]2CC[C@@]1(C)[C@]1(O)OOC21. The maximum atomic E-state index is 10.3. The molecule has 1 saturated heterocycles. The molecular formula is C10H16O3. The van der Waals surface area contributed by atoms with Crippen LogP contribution in [-0.2, 0) is 9.78 Å². The van der Waals surface area contributed by atoms with E-state index in [2.05, 4.69) is 20.8 Å². The predicted molar refractivity (Wildman–Crippen MR) is 45.5 cm³/mol. The first-order chi connectivity index (χ1) is 5.93. The molecule has 0 radical (unpaired) electrons. The molecule has 1 unspecified atom stereocenters. The van der Waals surface area contributed by atoms with Gasteiger partial charge in [0, 0.05) is 5.41 Å². The second-order valence-corrected chi connectivity index (χ2v) is 5.50. The Morgan fingerprint density at radius 3 is 2.31 bits per heavy atom. The molecule has 3 aliphatic rings. The number of aliphatic hydroxyl groups is 1. The van der Waals surface area contributed by atoms with E-state index in [1.165, 1.54) is 0 Å². The molecule has 0 aromatic rings. The van der Waals surface area contributed by atoms with Gasteiger partial charge in [0.1, 0.15) is 0 Å². The van der Waals surface area contributed by atoms with E-state index < -0.39 is 5.79 Å². The average molecular weight is 184 g/mol. The van der Waals surface area contributed by atoms with Gasteiger partial charge in [-0.1, -0.05) is 20.8 Å². The van der Waals surface area contributed by atoms with Gasteiger partial charge in [-0.2, -0.15) is 4.89 Å². The van der Waals surface area contributed by atoms with Gasteiger partial charge >= 0.3 is 0 Å². The smallest absolute Gasteiger partial charge is 0.235 e. The van der Waals surface area contributed by atoms with Gasteiger partial charge in [-0.3, -0.25) is 0 Å². The molecule has 0 aromatic carbocycles. The highest BCUT2D eigenvalue weighted by molar-refractivity contribution is 5.20. The quantitative estimate of drug-likeness (QED) is 0.579. The maximum Gasteiger partial charge on any atom is 0.235 e. The minimum Gasteiger partial charge on any atom is -0.361 e. The Morgan fingerprint density at radius 2 is 2.00 bits per heavy atom. The van der Waals surface area contributed by atoms with Gasteiger partial charge in [0.2, 0.25) is 5.79 Å². The van der Waals surface area contributed by atoms with Crippen LogP contribution in [0.1, 0.15) is 33.6 Å². The van der Waals surface area contributed by atoms with Crippen LogP contribution in [0.2, 0.25) is 0 Å². The molecule has 3 heteroatoms. The fourth-order valence-corrected chi connectivity index (χ4v) is 3.65. The molecule has 2 saturated carbocycles. The highest BCUT2D eigenvalue weighted by Gasteiger charge is 2.80. The molecule has 3 fully saturated rings.